The van der Waals surface area contributed by atoms with Crippen LogP contribution in [0.3, 0.4) is 0 Å². The molecule has 2 aromatic carbocycles. The molecule has 1 atom stereocenters. The van der Waals surface area contributed by atoms with Gasteiger partial charge in [-0.3, -0.25) is 4.98 Å². The molecule has 0 fully saturated rings. The second-order valence-corrected chi connectivity index (χ2v) is 5.90. The molecule has 0 aliphatic heterocycles. The average molecular weight is 404 g/mol. The first-order valence-electron chi connectivity index (χ1n) is 5.76. The first kappa shape index (κ1) is 13.6. The summed E-state index contributed by atoms with van der Waals surface area (Å²) < 4.78 is 18.9. The third-order valence-corrected chi connectivity index (χ3v) is 4.39. The van der Waals surface area contributed by atoms with E-state index in [0.717, 1.165) is 14.7 Å². The molecule has 1 unspecified atom stereocenters. The summed E-state index contributed by atoms with van der Waals surface area (Å²) in [4.78, 5) is 13.7. The largest absolute Gasteiger partial charge is 0.417 e. The lowest BCUT2D eigenvalue weighted by atomic mass is 10.0. The lowest BCUT2D eigenvalue weighted by molar-refractivity contribution is 0.555. The Balaban J connectivity index is 2.06. The predicted octanol–water partition coefficient (Wildman–Crippen LogP) is 4.19. The van der Waals surface area contributed by atoms with Crippen molar-refractivity contribution in [3.63, 3.8) is 0 Å². The van der Waals surface area contributed by atoms with Gasteiger partial charge in [0.05, 0.1) is 10.9 Å². The van der Waals surface area contributed by atoms with E-state index in [4.69, 9.17) is 16.0 Å². The summed E-state index contributed by atoms with van der Waals surface area (Å²) in [5.41, 5.74) is 2.67. The van der Waals surface area contributed by atoms with Crippen LogP contribution in [0.25, 0.3) is 11.1 Å². The van der Waals surface area contributed by atoms with Crippen molar-refractivity contribution in [2.45, 2.75) is 5.38 Å². The Kier molecular flexibility index (Phi) is 3.55. The van der Waals surface area contributed by atoms with Crippen LogP contribution in [0.1, 0.15) is 16.5 Å². The van der Waals surface area contributed by atoms with Crippen molar-refractivity contribution in [3.8, 4) is 0 Å². The highest BCUT2D eigenvalue weighted by Crippen LogP contribution is 2.33. The number of benzene rings is 2. The molecule has 0 radical (unpaired) electrons. The number of aromatic amines is 1. The van der Waals surface area contributed by atoms with E-state index in [9.17, 15) is 9.18 Å². The molecule has 1 heterocycles. The number of fused-ring (bicyclic) bond motifs is 1. The van der Waals surface area contributed by atoms with Crippen molar-refractivity contribution in [1.29, 1.82) is 0 Å². The van der Waals surface area contributed by atoms with Gasteiger partial charge in [-0.15, -0.1) is 11.6 Å². The molecule has 0 aliphatic carbocycles. The molecule has 102 valence electrons. The van der Waals surface area contributed by atoms with E-state index in [1.807, 2.05) is 28.7 Å². The number of rotatable bonds is 2. The Bertz CT molecular complexity index is 843. The zero-order chi connectivity index (χ0) is 14.3. The third kappa shape index (κ3) is 2.47. The van der Waals surface area contributed by atoms with Crippen molar-refractivity contribution in [3.05, 3.63) is 67.5 Å². The van der Waals surface area contributed by atoms with Crippen molar-refractivity contribution < 1.29 is 8.81 Å². The van der Waals surface area contributed by atoms with Crippen LogP contribution in [-0.4, -0.2) is 4.98 Å². The highest BCUT2D eigenvalue weighted by atomic mass is 127. The Morgan fingerprint density at radius 1 is 1.25 bits per heavy atom. The Morgan fingerprint density at radius 2 is 2.05 bits per heavy atom. The number of nitrogens with one attached hydrogen (secondary N) is 1. The molecule has 0 saturated heterocycles. The molecule has 1 aromatic heterocycles. The maximum Gasteiger partial charge on any atom is 0.417 e. The van der Waals surface area contributed by atoms with Gasteiger partial charge in [0.15, 0.2) is 5.58 Å². The highest BCUT2D eigenvalue weighted by Gasteiger charge is 2.16. The van der Waals surface area contributed by atoms with E-state index in [2.05, 4.69) is 4.98 Å². The first-order valence-corrected chi connectivity index (χ1v) is 7.28. The fraction of sp³-hybridized carbons (Fsp3) is 0.0714. The van der Waals surface area contributed by atoms with Gasteiger partial charge in [0, 0.05) is 3.57 Å². The van der Waals surface area contributed by atoms with E-state index >= 15 is 0 Å². The summed E-state index contributed by atoms with van der Waals surface area (Å²) in [7, 11) is 0. The van der Waals surface area contributed by atoms with Crippen molar-refractivity contribution >= 4 is 45.3 Å². The number of aromatic nitrogens is 1. The minimum absolute atomic E-state index is 0.297. The molecular weight excluding hydrogens is 396 g/mol. The van der Waals surface area contributed by atoms with E-state index in [1.54, 1.807) is 18.2 Å². The fourth-order valence-electron chi connectivity index (χ4n) is 2.01. The zero-order valence-corrected chi connectivity index (χ0v) is 12.9. The summed E-state index contributed by atoms with van der Waals surface area (Å²) in [5, 5.41) is -0.438. The Hall–Kier alpha value is -1.34. The molecule has 6 heteroatoms. The molecule has 1 N–H and O–H groups in total. The zero-order valence-electron chi connectivity index (χ0n) is 9.99. The normalized spacial score (nSPS) is 12.8. The van der Waals surface area contributed by atoms with Crippen LogP contribution >= 0.6 is 34.2 Å². The van der Waals surface area contributed by atoms with Crippen molar-refractivity contribution in [2.24, 2.45) is 0 Å². The monoisotopic (exact) mass is 403 g/mol. The number of hydrogen-bond donors (Lipinski definition) is 1. The SMILES string of the molecule is O=c1[nH]c2ccc(C(Cl)c3ccc(F)cc3I)cc2o1. The fourth-order valence-corrected chi connectivity index (χ4v) is 3.31. The van der Waals surface area contributed by atoms with E-state index < -0.39 is 11.1 Å². The molecule has 0 amide bonds. The van der Waals surface area contributed by atoms with E-state index in [-0.39, 0.29) is 5.82 Å². The lowest BCUT2D eigenvalue weighted by Crippen LogP contribution is -1.97. The molecule has 0 bridgehead atoms. The predicted molar refractivity (Wildman–Crippen MR) is 83.6 cm³/mol. The van der Waals surface area contributed by atoms with Gasteiger partial charge in [-0.2, -0.15) is 0 Å². The van der Waals surface area contributed by atoms with Gasteiger partial charge in [-0.1, -0.05) is 12.1 Å². The molecule has 0 spiro atoms. The third-order valence-electron chi connectivity index (χ3n) is 2.97. The standard InChI is InChI=1S/C14H8ClFINO2/c15-13(9-3-2-8(16)6-10(9)17)7-1-4-11-12(5-7)20-14(19)18-11/h1-6,13H,(H,18,19). The van der Waals surface area contributed by atoms with Crippen LogP contribution in [0, 0.1) is 9.39 Å². The summed E-state index contributed by atoms with van der Waals surface area (Å²) >= 11 is 8.49. The van der Waals surface area contributed by atoms with E-state index in [1.165, 1.54) is 12.1 Å². The summed E-state index contributed by atoms with van der Waals surface area (Å²) in [6, 6.07) is 9.73. The lowest BCUT2D eigenvalue weighted by Gasteiger charge is -2.12. The van der Waals surface area contributed by atoms with Crippen molar-refractivity contribution in [2.75, 3.05) is 0 Å². The van der Waals surface area contributed by atoms with Gasteiger partial charge >= 0.3 is 5.76 Å². The molecule has 20 heavy (non-hydrogen) atoms. The van der Waals surface area contributed by atoms with Gasteiger partial charge in [0.25, 0.3) is 0 Å². The Morgan fingerprint density at radius 3 is 2.80 bits per heavy atom. The number of halogens is 3. The van der Waals surface area contributed by atoms with Crippen LogP contribution in [0.4, 0.5) is 4.39 Å². The second kappa shape index (κ2) is 5.21. The van der Waals surface area contributed by atoms with Crippen LogP contribution in [0.5, 0.6) is 0 Å². The number of hydrogen-bond acceptors (Lipinski definition) is 2. The molecule has 0 aliphatic rings. The summed E-state index contributed by atoms with van der Waals surface area (Å²) in [5.74, 6) is -0.797. The molecule has 3 rings (SSSR count). The van der Waals surface area contributed by atoms with Gasteiger partial charge in [-0.05, 0) is 58.0 Å². The molecule has 3 nitrogen and oxygen atoms in total. The van der Waals surface area contributed by atoms with Gasteiger partial charge in [0.1, 0.15) is 5.82 Å². The van der Waals surface area contributed by atoms with Gasteiger partial charge in [0.2, 0.25) is 0 Å². The topological polar surface area (TPSA) is 46.0 Å². The number of H-pyrrole nitrogens is 1. The highest BCUT2D eigenvalue weighted by molar-refractivity contribution is 14.1. The summed E-state index contributed by atoms with van der Waals surface area (Å²) in [6.07, 6.45) is 0. The van der Waals surface area contributed by atoms with E-state index in [0.29, 0.717) is 11.1 Å². The van der Waals surface area contributed by atoms with Crippen LogP contribution in [0.2, 0.25) is 0 Å². The van der Waals surface area contributed by atoms with Crippen LogP contribution in [0.15, 0.2) is 45.6 Å². The maximum absolute atomic E-state index is 13.1. The van der Waals surface area contributed by atoms with Gasteiger partial charge < -0.3 is 4.42 Å². The average Bonchev–Trinajstić information content (AvgIpc) is 2.77. The van der Waals surface area contributed by atoms with Crippen LogP contribution < -0.4 is 5.76 Å². The number of alkyl halides is 1. The maximum atomic E-state index is 13.1. The Labute approximate surface area is 131 Å². The minimum atomic E-state index is -0.500. The number of oxazole rings is 1. The summed E-state index contributed by atoms with van der Waals surface area (Å²) in [6.45, 7) is 0. The first-order chi connectivity index (χ1) is 9.54. The minimum Gasteiger partial charge on any atom is -0.408 e. The molecular formula is C14H8ClFINO2. The van der Waals surface area contributed by atoms with Crippen molar-refractivity contribution in [1.82, 2.24) is 4.98 Å². The van der Waals surface area contributed by atoms with Crippen LogP contribution in [-0.2, 0) is 0 Å². The smallest absolute Gasteiger partial charge is 0.408 e. The quantitative estimate of drug-likeness (QED) is 0.515. The molecule has 0 saturated carbocycles. The van der Waals surface area contributed by atoms with Gasteiger partial charge in [-0.25, -0.2) is 9.18 Å². The second-order valence-electron chi connectivity index (χ2n) is 4.30. The molecule has 3 aromatic rings.